The standard InChI is InChI=1S/C10H19N7S/c1-18-7-4-12-8-13-9(16-11)15-10(14-8)17-5-2-3-6-17/h2-7,11H2,1H3,(H2,12,13,14,15,16). The predicted octanol–water partition coefficient (Wildman–Crippen LogP) is 0.532. The first-order chi connectivity index (χ1) is 8.83. The highest BCUT2D eigenvalue weighted by Gasteiger charge is 2.17. The molecular formula is C10H19N7S. The van der Waals surface area contributed by atoms with E-state index in [1.54, 1.807) is 11.8 Å². The largest absolute Gasteiger partial charge is 0.353 e. The summed E-state index contributed by atoms with van der Waals surface area (Å²) in [5, 5.41) is 3.18. The highest BCUT2D eigenvalue weighted by atomic mass is 32.2. The van der Waals surface area contributed by atoms with Gasteiger partial charge in [0.25, 0.3) is 0 Å². The molecule has 0 atom stereocenters. The fourth-order valence-electron chi connectivity index (χ4n) is 1.83. The van der Waals surface area contributed by atoms with Crippen molar-refractivity contribution in [2.45, 2.75) is 12.8 Å². The Bertz CT molecular complexity index is 380. The molecule has 7 nitrogen and oxygen atoms in total. The minimum absolute atomic E-state index is 0.401. The maximum atomic E-state index is 5.39. The van der Waals surface area contributed by atoms with Crippen molar-refractivity contribution in [2.24, 2.45) is 5.84 Å². The van der Waals surface area contributed by atoms with E-state index in [9.17, 15) is 0 Å². The van der Waals surface area contributed by atoms with E-state index in [0.29, 0.717) is 17.8 Å². The quantitative estimate of drug-likeness (QED) is 0.391. The lowest BCUT2D eigenvalue weighted by Gasteiger charge is -2.16. The average molecular weight is 269 g/mol. The van der Waals surface area contributed by atoms with Gasteiger partial charge >= 0.3 is 0 Å². The maximum absolute atomic E-state index is 5.39. The molecule has 0 saturated carbocycles. The Labute approximate surface area is 111 Å². The molecular weight excluding hydrogens is 250 g/mol. The molecule has 0 spiro atoms. The third-order valence-corrected chi connectivity index (χ3v) is 3.34. The number of hydrogen-bond donors (Lipinski definition) is 3. The van der Waals surface area contributed by atoms with Crippen molar-refractivity contribution in [3.05, 3.63) is 0 Å². The molecule has 1 aliphatic rings. The highest BCUT2D eigenvalue weighted by molar-refractivity contribution is 7.98. The first-order valence-electron chi connectivity index (χ1n) is 6.04. The zero-order valence-corrected chi connectivity index (χ0v) is 11.3. The summed E-state index contributed by atoms with van der Waals surface area (Å²) in [6.45, 7) is 2.82. The van der Waals surface area contributed by atoms with Gasteiger partial charge in [-0.3, -0.25) is 5.43 Å². The van der Waals surface area contributed by atoms with Crippen molar-refractivity contribution in [3.8, 4) is 0 Å². The number of hydrazine groups is 1. The van der Waals surface area contributed by atoms with Crippen LogP contribution in [0.4, 0.5) is 17.8 Å². The molecule has 8 heteroatoms. The summed E-state index contributed by atoms with van der Waals surface area (Å²) in [5.41, 5.74) is 2.49. The van der Waals surface area contributed by atoms with Gasteiger partial charge in [0.15, 0.2) is 0 Å². The van der Waals surface area contributed by atoms with Crippen LogP contribution in [0.2, 0.25) is 0 Å². The number of nitrogens with two attached hydrogens (primary N) is 1. The summed E-state index contributed by atoms with van der Waals surface area (Å²) in [5.74, 6) is 8.07. The number of rotatable bonds is 6. The Morgan fingerprint density at radius 2 is 1.94 bits per heavy atom. The van der Waals surface area contributed by atoms with Crippen LogP contribution in [0.1, 0.15) is 12.8 Å². The molecule has 0 aliphatic carbocycles. The van der Waals surface area contributed by atoms with Crippen LogP contribution in [-0.2, 0) is 0 Å². The number of anilines is 3. The van der Waals surface area contributed by atoms with Crippen molar-refractivity contribution in [1.82, 2.24) is 15.0 Å². The van der Waals surface area contributed by atoms with Gasteiger partial charge in [0.1, 0.15) is 0 Å². The van der Waals surface area contributed by atoms with Crippen molar-refractivity contribution in [3.63, 3.8) is 0 Å². The van der Waals surface area contributed by atoms with Crippen LogP contribution in [0.5, 0.6) is 0 Å². The molecule has 18 heavy (non-hydrogen) atoms. The smallest absolute Gasteiger partial charge is 0.243 e. The molecule has 1 saturated heterocycles. The zero-order valence-electron chi connectivity index (χ0n) is 10.5. The first-order valence-corrected chi connectivity index (χ1v) is 7.43. The molecule has 1 fully saturated rings. The first kappa shape index (κ1) is 13.2. The summed E-state index contributed by atoms with van der Waals surface area (Å²) in [7, 11) is 0. The van der Waals surface area contributed by atoms with Crippen LogP contribution in [0.25, 0.3) is 0 Å². The van der Waals surface area contributed by atoms with Crippen molar-refractivity contribution >= 4 is 29.6 Å². The van der Waals surface area contributed by atoms with Crippen LogP contribution >= 0.6 is 11.8 Å². The van der Waals surface area contributed by atoms with E-state index in [-0.39, 0.29) is 0 Å². The Kier molecular flexibility index (Phi) is 4.82. The van der Waals surface area contributed by atoms with Crippen LogP contribution in [0.15, 0.2) is 0 Å². The Balaban J connectivity index is 2.10. The molecule has 0 bridgehead atoms. The van der Waals surface area contributed by atoms with E-state index in [1.807, 2.05) is 0 Å². The van der Waals surface area contributed by atoms with Crippen LogP contribution in [0.3, 0.4) is 0 Å². The van der Waals surface area contributed by atoms with Crippen LogP contribution < -0.4 is 21.5 Å². The number of nitrogen functional groups attached to an aromatic ring is 1. The van der Waals surface area contributed by atoms with E-state index in [4.69, 9.17) is 5.84 Å². The number of hydrogen-bond acceptors (Lipinski definition) is 8. The van der Waals surface area contributed by atoms with Gasteiger partial charge in [0.2, 0.25) is 17.8 Å². The highest BCUT2D eigenvalue weighted by Crippen LogP contribution is 2.18. The molecule has 2 heterocycles. The van der Waals surface area contributed by atoms with Gasteiger partial charge in [-0.1, -0.05) is 0 Å². The Hall–Kier alpha value is -1.28. The zero-order chi connectivity index (χ0) is 12.8. The summed E-state index contributed by atoms with van der Waals surface area (Å²) in [6, 6.07) is 0. The van der Waals surface area contributed by atoms with E-state index >= 15 is 0 Å². The maximum Gasteiger partial charge on any atom is 0.243 e. The minimum Gasteiger partial charge on any atom is -0.353 e. The second kappa shape index (κ2) is 6.60. The minimum atomic E-state index is 0.401. The molecule has 2 rings (SSSR count). The van der Waals surface area contributed by atoms with Crippen molar-refractivity contribution in [2.75, 3.05) is 47.3 Å². The third-order valence-electron chi connectivity index (χ3n) is 2.73. The monoisotopic (exact) mass is 269 g/mol. The van der Waals surface area contributed by atoms with Gasteiger partial charge in [0.05, 0.1) is 0 Å². The van der Waals surface area contributed by atoms with E-state index in [1.165, 1.54) is 12.8 Å². The fourth-order valence-corrected chi connectivity index (χ4v) is 2.14. The number of aromatic nitrogens is 3. The number of nitrogens with zero attached hydrogens (tertiary/aromatic N) is 4. The normalized spacial score (nSPS) is 14.9. The van der Waals surface area contributed by atoms with Gasteiger partial charge < -0.3 is 10.2 Å². The molecule has 0 amide bonds. The van der Waals surface area contributed by atoms with E-state index < -0.39 is 0 Å². The second-order valence-electron chi connectivity index (χ2n) is 4.04. The van der Waals surface area contributed by atoms with Gasteiger partial charge in [-0.15, -0.1) is 0 Å². The topological polar surface area (TPSA) is 92.0 Å². The van der Waals surface area contributed by atoms with E-state index in [2.05, 4.69) is 36.9 Å². The van der Waals surface area contributed by atoms with Crippen LogP contribution in [0, 0.1) is 0 Å². The fraction of sp³-hybridized carbons (Fsp3) is 0.700. The van der Waals surface area contributed by atoms with Gasteiger partial charge in [0, 0.05) is 25.4 Å². The van der Waals surface area contributed by atoms with Crippen LogP contribution in [-0.4, -0.2) is 46.6 Å². The lowest BCUT2D eigenvalue weighted by molar-refractivity contribution is 0.878. The summed E-state index contributed by atoms with van der Waals surface area (Å²) >= 11 is 1.78. The third kappa shape index (κ3) is 3.36. The molecule has 0 unspecified atom stereocenters. The second-order valence-corrected chi connectivity index (χ2v) is 5.03. The molecule has 100 valence electrons. The van der Waals surface area contributed by atoms with Gasteiger partial charge in [-0.25, -0.2) is 5.84 Å². The molecule has 4 N–H and O–H groups in total. The number of nitrogens with one attached hydrogen (secondary N) is 2. The SMILES string of the molecule is CSCCNc1nc(NN)nc(N2CCCC2)n1. The summed E-state index contributed by atoms with van der Waals surface area (Å²) < 4.78 is 0. The lowest BCUT2D eigenvalue weighted by Crippen LogP contribution is -2.23. The molecule has 1 aromatic rings. The van der Waals surface area contributed by atoms with Gasteiger partial charge in [-0.2, -0.15) is 26.7 Å². The average Bonchev–Trinajstić information content (AvgIpc) is 2.92. The number of thioether (sulfide) groups is 1. The van der Waals surface area contributed by atoms with Crippen molar-refractivity contribution < 1.29 is 0 Å². The van der Waals surface area contributed by atoms with Crippen molar-refractivity contribution in [1.29, 1.82) is 0 Å². The predicted molar refractivity (Wildman–Crippen MR) is 76.0 cm³/mol. The summed E-state index contributed by atoms with van der Waals surface area (Å²) in [4.78, 5) is 15.1. The van der Waals surface area contributed by atoms with E-state index in [0.717, 1.165) is 25.4 Å². The Morgan fingerprint density at radius 3 is 2.61 bits per heavy atom. The summed E-state index contributed by atoms with van der Waals surface area (Å²) in [6.07, 6.45) is 4.44. The molecule has 0 aromatic carbocycles. The van der Waals surface area contributed by atoms with Gasteiger partial charge in [-0.05, 0) is 19.1 Å². The Morgan fingerprint density at radius 1 is 1.22 bits per heavy atom. The molecule has 0 radical (unpaired) electrons. The lowest BCUT2D eigenvalue weighted by atomic mass is 10.4. The molecule has 1 aromatic heterocycles. The molecule has 1 aliphatic heterocycles.